The maximum absolute atomic E-state index is 4.23. The van der Waals surface area contributed by atoms with Gasteiger partial charge in [0.25, 0.3) is 0 Å². The summed E-state index contributed by atoms with van der Waals surface area (Å²) < 4.78 is 0. The molecule has 0 spiro atoms. The lowest BCUT2D eigenvalue weighted by Crippen LogP contribution is -1.81. The first-order valence-corrected chi connectivity index (χ1v) is 3.85. The predicted octanol–water partition coefficient (Wildman–Crippen LogP) is 2.74. The lowest BCUT2D eigenvalue weighted by Gasteiger charge is -1.97. The highest BCUT2D eigenvalue weighted by atomic mass is 32.1. The lowest BCUT2D eigenvalue weighted by atomic mass is 10.1. The Labute approximate surface area is 67.7 Å². The maximum atomic E-state index is 4.23. The van der Waals surface area contributed by atoms with Crippen molar-refractivity contribution in [3.63, 3.8) is 0 Å². The van der Waals surface area contributed by atoms with Crippen LogP contribution in [0.4, 0.5) is 0 Å². The molecule has 1 radical (unpaired) electrons. The fourth-order valence-electron chi connectivity index (χ4n) is 0.916. The molecule has 0 nitrogen and oxygen atoms in total. The van der Waals surface area contributed by atoms with E-state index in [1.54, 1.807) is 0 Å². The standard InChI is InChI=1S/C9H11S/c1-2-4-8-5-3-6-9(10)7-8/h3,5-7,10H,1-2,4H2. The molecule has 0 heterocycles. The zero-order valence-electron chi connectivity index (χ0n) is 5.88. The molecule has 1 heteroatoms. The zero-order valence-corrected chi connectivity index (χ0v) is 6.77. The van der Waals surface area contributed by atoms with Crippen molar-refractivity contribution in [2.75, 3.05) is 0 Å². The minimum atomic E-state index is 0.956. The molecule has 1 aromatic carbocycles. The Balaban J connectivity index is 2.75. The van der Waals surface area contributed by atoms with Crippen molar-refractivity contribution in [2.24, 2.45) is 0 Å². The van der Waals surface area contributed by atoms with Crippen molar-refractivity contribution < 1.29 is 0 Å². The fourth-order valence-corrected chi connectivity index (χ4v) is 1.17. The van der Waals surface area contributed by atoms with Gasteiger partial charge in [0.15, 0.2) is 0 Å². The summed E-state index contributed by atoms with van der Waals surface area (Å²) in [6.07, 6.45) is 2.01. The Kier molecular flexibility index (Phi) is 2.82. The SMILES string of the molecule is [CH2]CCc1cccc(S)c1. The van der Waals surface area contributed by atoms with Gasteiger partial charge in [0.2, 0.25) is 0 Å². The maximum Gasteiger partial charge on any atom is 0.00427 e. The van der Waals surface area contributed by atoms with Gasteiger partial charge in [-0.1, -0.05) is 19.1 Å². The van der Waals surface area contributed by atoms with E-state index in [9.17, 15) is 0 Å². The van der Waals surface area contributed by atoms with Crippen LogP contribution in [0.2, 0.25) is 0 Å². The quantitative estimate of drug-likeness (QED) is 0.617. The van der Waals surface area contributed by atoms with Crippen LogP contribution in [0.25, 0.3) is 0 Å². The summed E-state index contributed by atoms with van der Waals surface area (Å²) in [6.45, 7) is 3.79. The van der Waals surface area contributed by atoms with E-state index in [-0.39, 0.29) is 0 Å². The van der Waals surface area contributed by atoms with Crippen LogP contribution in [0.15, 0.2) is 29.2 Å². The Morgan fingerprint density at radius 3 is 2.80 bits per heavy atom. The van der Waals surface area contributed by atoms with Gasteiger partial charge in [-0.25, -0.2) is 0 Å². The second-order valence-corrected chi connectivity index (χ2v) is 2.79. The summed E-state index contributed by atoms with van der Waals surface area (Å²) in [4.78, 5) is 1.03. The average Bonchev–Trinajstić information content (AvgIpc) is 1.88. The number of rotatable bonds is 2. The van der Waals surface area contributed by atoms with Crippen LogP contribution >= 0.6 is 12.6 Å². The smallest absolute Gasteiger partial charge is 0.00427 e. The second-order valence-electron chi connectivity index (χ2n) is 2.27. The summed E-state index contributed by atoms with van der Waals surface area (Å²) >= 11 is 4.23. The summed E-state index contributed by atoms with van der Waals surface area (Å²) in [5, 5.41) is 0. The van der Waals surface area contributed by atoms with Crippen molar-refractivity contribution in [3.8, 4) is 0 Å². The van der Waals surface area contributed by atoms with Gasteiger partial charge in [-0.3, -0.25) is 0 Å². The van der Waals surface area contributed by atoms with Gasteiger partial charge in [0, 0.05) is 4.90 Å². The molecule has 10 heavy (non-hydrogen) atoms. The first-order valence-electron chi connectivity index (χ1n) is 3.40. The van der Waals surface area contributed by atoms with Crippen molar-refractivity contribution >= 4 is 12.6 Å². The van der Waals surface area contributed by atoms with Gasteiger partial charge in [-0.15, -0.1) is 12.6 Å². The molecule has 0 aliphatic heterocycles. The molecule has 53 valence electrons. The fraction of sp³-hybridized carbons (Fsp3) is 0.222. The third-order valence-electron chi connectivity index (χ3n) is 1.38. The number of aryl methyl sites for hydroxylation is 1. The van der Waals surface area contributed by atoms with E-state index in [1.807, 2.05) is 12.1 Å². The molecule has 0 fully saturated rings. The van der Waals surface area contributed by atoms with Gasteiger partial charge in [-0.05, 0) is 30.5 Å². The molecule has 0 saturated carbocycles. The molecule has 0 bridgehead atoms. The van der Waals surface area contributed by atoms with Crippen LogP contribution in [0.3, 0.4) is 0 Å². The van der Waals surface area contributed by atoms with E-state index < -0.39 is 0 Å². The molecule has 0 aliphatic carbocycles. The molecule has 1 aromatic rings. The van der Waals surface area contributed by atoms with Crippen molar-refractivity contribution in [1.82, 2.24) is 0 Å². The Hall–Kier alpha value is -0.430. The average molecular weight is 151 g/mol. The molecule has 0 amide bonds. The predicted molar refractivity (Wildman–Crippen MR) is 47.4 cm³/mol. The Morgan fingerprint density at radius 2 is 2.20 bits per heavy atom. The highest BCUT2D eigenvalue weighted by Crippen LogP contribution is 2.09. The van der Waals surface area contributed by atoms with E-state index in [1.165, 1.54) is 5.56 Å². The first-order chi connectivity index (χ1) is 4.83. The number of thiol groups is 1. The topological polar surface area (TPSA) is 0 Å². The highest BCUT2D eigenvalue weighted by molar-refractivity contribution is 7.80. The molecule has 0 aromatic heterocycles. The van der Waals surface area contributed by atoms with Crippen LogP contribution in [-0.2, 0) is 6.42 Å². The number of benzene rings is 1. The van der Waals surface area contributed by atoms with E-state index >= 15 is 0 Å². The van der Waals surface area contributed by atoms with Gasteiger partial charge in [-0.2, -0.15) is 0 Å². The van der Waals surface area contributed by atoms with Crippen LogP contribution in [0.5, 0.6) is 0 Å². The summed E-state index contributed by atoms with van der Waals surface area (Å²) in [5.41, 5.74) is 1.32. The monoisotopic (exact) mass is 151 g/mol. The second kappa shape index (κ2) is 3.67. The van der Waals surface area contributed by atoms with Crippen LogP contribution < -0.4 is 0 Å². The van der Waals surface area contributed by atoms with Crippen LogP contribution in [0, 0.1) is 6.92 Å². The molecule has 0 N–H and O–H groups in total. The highest BCUT2D eigenvalue weighted by Gasteiger charge is 1.89. The summed E-state index contributed by atoms with van der Waals surface area (Å²) in [5.74, 6) is 0. The number of hydrogen-bond donors (Lipinski definition) is 1. The van der Waals surface area contributed by atoms with Gasteiger partial charge in [0.05, 0.1) is 0 Å². The lowest BCUT2D eigenvalue weighted by molar-refractivity contribution is 0.993. The molecule has 0 unspecified atom stereocenters. The minimum Gasteiger partial charge on any atom is -0.143 e. The van der Waals surface area contributed by atoms with Crippen molar-refractivity contribution in [3.05, 3.63) is 36.8 Å². The van der Waals surface area contributed by atoms with Gasteiger partial charge < -0.3 is 0 Å². The van der Waals surface area contributed by atoms with Crippen molar-refractivity contribution in [2.45, 2.75) is 17.7 Å². The van der Waals surface area contributed by atoms with E-state index in [0.29, 0.717) is 0 Å². The molecule has 0 aliphatic rings. The van der Waals surface area contributed by atoms with E-state index in [2.05, 4.69) is 31.7 Å². The van der Waals surface area contributed by atoms with E-state index in [4.69, 9.17) is 0 Å². The summed E-state index contributed by atoms with van der Waals surface area (Å²) in [6, 6.07) is 8.18. The molecular formula is C9H11S. The Bertz CT molecular complexity index is 206. The number of hydrogen-bond acceptors (Lipinski definition) is 1. The molecule has 0 saturated heterocycles. The zero-order chi connectivity index (χ0) is 7.40. The van der Waals surface area contributed by atoms with Crippen LogP contribution in [-0.4, -0.2) is 0 Å². The third-order valence-corrected chi connectivity index (χ3v) is 1.65. The largest absolute Gasteiger partial charge is 0.143 e. The molecule has 0 atom stereocenters. The van der Waals surface area contributed by atoms with Gasteiger partial charge in [0.1, 0.15) is 0 Å². The van der Waals surface area contributed by atoms with E-state index in [0.717, 1.165) is 17.7 Å². The molecular weight excluding hydrogens is 140 g/mol. The van der Waals surface area contributed by atoms with Gasteiger partial charge >= 0.3 is 0 Å². The van der Waals surface area contributed by atoms with Crippen LogP contribution in [0.1, 0.15) is 12.0 Å². The van der Waals surface area contributed by atoms with Crippen molar-refractivity contribution in [1.29, 1.82) is 0 Å². The Morgan fingerprint density at radius 1 is 1.40 bits per heavy atom. The third kappa shape index (κ3) is 2.07. The normalized spacial score (nSPS) is 9.80. The first kappa shape index (κ1) is 7.67. The minimum absolute atomic E-state index is 0.956. The molecule has 1 rings (SSSR count). The summed E-state index contributed by atoms with van der Waals surface area (Å²) in [7, 11) is 0.